The first-order chi connectivity index (χ1) is 9.78. The summed E-state index contributed by atoms with van der Waals surface area (Å²) in [6.45, 7) is 3.35. The second kappa shape index (κ2) is 6.02. The van der Waals surface area contributed by atoms with Gasteiger partial charge in [-0.2, -0.15) is 9.82 Å². The lowest BCUT2D eigenvalue weighted by atomic mass is 9.91. The molecule has 0 unspecified atom stereocenters. The first-order valence-electron chi connectivity index (χ1n) is 7.14. The highest BCUT2D eigenvalue weighted by atomic mass is 32.2. The number of aromatic amines is 1. The molecule has 0 atom stereocenters. The van der Waals surface area contributed by atoms with Crippen molar-refractivity contribution in [1.82, 2.24) is 14.9 Å². The highest BCUT2D eigenvalue weighted by Gasteiger charge is 2.39. The van der Waals surface area contributed by atoms with Gasteiger partial charge < -0.3 is 5.73 Å². The molecule has 4 N–H and O–H groups in total. The van der Waals surface area contributed by atoms with E-state index in [0.29, 0.717) is 24.2 Å². The number of nitrogens with one attached hydrogen (secondary N) is 2. The van der Waals surface area contributed by atoms with Crippen LogP contribution < -0.4 is 10.5 Å². The van der Waals surface area contributed by atoms with Gasteiger partial charge in [-0.25, -0.2) is 8.42 Å². The molecule has 1 aromatic rings. The Morgan fingerprint density at radius 1 is 1.29 bits per heavy atom. The normalized spacial score (nSPS) is 19.1. The van der Waals surface area contributed by atoms with Crippen LogP contribution in [-0.4, -0.2) is 29.1 Å². The van der Waals surface area contributed by atoms with Crippen LogP contribution in [0.4, 0.5) is 0 Å². The Morgan fingerprint density at radius 2 is 1.86 bits per heavy atom. The number of aryl methyl sites for hydroxylation is 2. The molecular weight excluding hydrogens is 308 g/mol. The van der Waals surface area contributed by atoms with Gasteiger partial charge in [0.1, 0.15) is 4.90 Å². The van der Waals surface area contributed by atoms with Crippen molar-refractivity contribution in [2.24, 2.45) is 5.73 Å². The van der Waals surface area contributed by atoms with Gasteiger partial charge in [0.25, 0.3) is 0 Å². The molecule has 6 nitrogen and oxygen atoms in total. The van der Waals surface area contributed by atoms with E-state index in [1.807, 2.05) is 0 Å². The molecule has 0 radical (unpaired) electrons. The molecule has 0 saturated heterocycles. The first-order valence-corrected chi connectivity index (χ1v) is 9.03. The molecule has 0 bridgehead atoms. The standard InChI is InChI=1S/C13H22N4O2S2/c1-9-11(10(2)16-15-9)21(18,19)17-13(12(14)20)7-5-3-4-6-8-13/h17H,3-8H2,1-2H3,(H2,14,20)(H,15,16). The van der Waals surface area contributed by atoms with Gasteiger partial charge in [-0.05, 0) is 26.7 Å². The summed E-state index contributed by atoms with van der Waals surface area (Å²) in [5, 5.41) is 6.65. The molecule has 0 aliphatic heterocycles. The third-order valence-corrected chi connectivity index (χ3v) is 6.28. The SMILES string of the molecule is Cc1n[nH]c(C)c1S(=O)(=O)NC1(C(N)=S)CCCCCC1. The molecule has 0 amide bonds. The van der Waals surface area contributed by atoms with Crippen LogP contribution >= 0.6 is 12.2 Å². The zero-order valence-corrected chi connectivity index (χ0v) is 14.0. The zero-order valence-electron chi connectivity index (χ0n) is 12.4. The van der Waals surface area contributed by atoms with E-state index in [1.54, 1.807) is 13.8 Å². The number of nitrogens with two attached hydrogens (primary N) is 1. The van der Waals surface area contributed by atoms with Crippen molar-refractivity contribution in [3.05, 3.63) is 11.4 Å². The van der Waals surface area contributed by atoms with Gasteiger partial charge in [-0.15, -0.1) is 0 Å². The van der Waals surface area contributed by atoms with E-state index in [-0.39, 0.29) is 9.88 Å². The molecule has 1 fully saturated rings. The van der Waals surface area contributed by atoms with Crippen molar-refractivity contribution in [1.29, 1.82) is 0 Å². The molecule has 1 saturated carbocycles. The molecule has 118 valence electrons. The second-order valence-corrected chi connectivity index (χ2v) is 7.79. The van der Waals surface area contributed by atoms with Crippen LogP contribution in [0.15, 0.2) is 4.90 Å². The molecular formula is C13H22N4O2S2. The van der Waals surface area contributed by atoms with E-state index in [1.165, 1.54) is 0 Å². The van der Waals surface area contributed by atoms with Gasteiger partial charge in [0.15, 0.2) is 0 Å². The average Bonchev–Trinajstić information content (AvgIpc) is 2.61. The fourth-order valence-electron chi connectivity index (χ4n) is 2.98. The van der Waals surface area contributed by atoms with E-state index in [2.05, 4.69) is 14.9 Å². The summed E-state index contributed by atoms with van der Waals surface area (Å²) in [7, 11) is -3.71. The van der Waals surface area contributed by atoms with Gasteiger partial charge >= 0.3 is 0 Å². The van der Waals surface area contributed by atoms with Crippen molar-refractivity contribution in [3.8, 4) is 0 Å². The Morgan fingerprint density at radius 3 is 2.29 bits per heavy atom. The number of hydrogen-bond acceptors (Lipinski definition) is 4. The number of hydrogen-bond donors (Lipinski definition) is 3. The predicted molar refractivity (Wildman–Crippen MR) is 85.6 cm³/mol. The minimum absolute atomic E-state index is 0.197. The van der Waals surface area contributed by atoms with Crippen molar-refractivity contribution in [2.75, 3.05) is 0 Å². The third-order valence-electron chi connectivity index (χ3n) is 4.09. The maximum atomic E-state index is 12.7. The maximum Gasteiger partial charge on any atom is 0.245 e. The van der Waals surface area contributed by atoms with Crippen molar-refractivity contribution < 1.29 is 8.42 Å². The average molecular weight is 330 g/mol. The van der Waals surface area contributed by atoms with E-state index in [0.717, 1.165) is 25.7 Å². The molecule has 0 aromatic carbocycles. The lowest BCUT2D eigenvalue weighted by Gasteiger charge is -2.32. The Balaban J connectivity index is 2.38. The quantitative estimate of drug-likeness (QED) is 0.576. The Hall–Kier alpha value is -0.990. The van der Waals surface area contributed by atoms with Crippen molar-refractivity contribution >= 4 is 27.2 Å². The molecule has 1 aliphatic carbocycles. The number of nitrogens with zero attached hydrogens (tertiary/aromatic N) is 1. The summed E-state index contributed by atoms with van der Waals surface area (Å²) in [4.78, 5) is 0.425. The molecule has 21 heavy (non-hydrogen) atoms. The van der Waals surface area contributed by atoms with Crippen LogP contribution in [0.1, 0.15) is 49.9 Å². The maximum absolute atomic E-state index is 12.7. The monoisotopic (exact) mass is 330 g/mol. The Labute approximate surface area is 130 Å². The van der Waals surface area contributed by atoms with E-state index in [9.17, 15) is 8.42 Å². The van der Waals surface area contributed by atoms with E-state index < -0.39 is 15.6 Å². The summed E-state index contributed by atoms with van der Waals surface area (Å²) in [5.41, 5.74) is 6.04. The lowest BCUT2D eigenvalue weighted by Crippen LogP contribution is -2.56. The van der Waals surface area contributed by atoms with Gasteiger partial charge in [-0.1, -0.05) is 37.9 Å². The van der Waals surface area contributed by atoms with Gasteiger partial charge in [0.05, 0.1) is 21.9 Å². The number of thiocarbonyl (C=S) groups is 1. The minimum Gasteiger partial charge on any atom is -0.392 e. The van der Waals surface area contributed by atoms with Crippen molar-refractivity contribution in [2.45, 2.75) is 62.8 Å². The summed E-state index contributed by atoms with van der Waals surface area (Å²) >= 11 is 5.18. The van der Waals surface area contributed by atoms with Crippen LogP contribution in [-0.2, 0) is 10.0 Å². The van der Waals surface area contributed by atoms with Crippen LogP contribution in [0.2, 0.25) is 0 Å². The first kappa shape index (κ1) is 16.4. The summed E-state index contributed by atoms with van der Waals surface area (Å²) < 4.78 is 28.3. The third kappa shape index (κ3) is 3.27. The zero-order chi connectivity index (χ0) is 15.7. The highest BCUT2D eigenvalue weighted by Crippen LogP contribution is 2.30. The molecule has 1 aliphatic rings. The number of rotatable bonds is 4. The lowest BCUT2D eigenvalue weighted by molar-refractivity contribution is 0.440. The topological polar surface area (TPSA) is 101 Å². The highest BCUT2D eigenvalue weighted by molar-refractivity contribution is 7.89. The van der Waals surface area contributed by atoms with Gasteiger partial charge in [-0.3, -0.25) is 5.10 Å². The summed E-state index contributed by atoms with van der Waals surface area (Å²) in [6, 6.07) is 0. The Kier molecular flexibility index (Phi) is 4.69. The number of sulfonamides is 1. The molecule has 2 rings (SSSR count). The van der Waals surface area contributed by atoms with Gasteiger partial charge in [0, 0.05) is 0 Å². The summed E-state index contributed by atoms with van der Waals surface area (Å²) in [5.74, 6) is 0. The fourth-order valence-corrected chi connectivity index (χ4v) is 5.11. The fraction of sp³-hybridized carbons (Fsp3) is 0.692. The number of H-pyrrole nitrogens is 1. The van der Waals surface area contributed by atoms with Gasteiger partial charge in [0.2, 0.25) is 10.0 Å². The largest absolute Gasteiger partial charge is 0.392 e. The smallest absolute Gasteiger partial charge is 0.245 e. The van der Waals surface area contributed by atoms with Crippen LogP contribution in [0.3, 0.4) is 0 Å². The van der Waals surface area contributed by atoms with E-state index >= 15 is 0 Å². The molecule has 0 spiro atoms. The molecule has 1 heterocycles. The Bertz CT molecular complexity index is 609. The van der Waals surface area contributed by atoms with Crippen LogP contribution in [0.25, 0.3) is 0 Å². The molecule has 1 aromatic heterocycles. The van der Waals surface area contributed by atoms with E-state index in [4.69, 9.17) is 18.0 Å². The van der Waals surface area contributed by atoms with Crippen molar-refractivity contribution in [3.63, 3.8) is 0 Å². The number of aromatic nitrogens is 2. The second-order valence-electron chi connectivity index (χ2n) is 5.73. The molecule has 8 heteroatoms. The summed E-state index contributed by atoms with van der Waals surface area (Å²) in [6.07, 6.45) is 5.30. The van der Waals surface area contributed by atoms with Crippen LogP contribution in [0, 0.1) is 13.8 Å². The minimum atomic E-state index is -3.71. The predicted octanol–water partition coefficient (Wildman–Crippen LogP) is 1.68. The van der Waals surface area contributed by atoms with Crippen LogP contribution in [0.5, 0.6) is 0 Å².